The third kappa shape index (κ3) is 9.62. The standard InChI is InChI=1S/C42H46O23/c1-14-27(48)31(52)34(55)40(59-14)58-13-24-38(64-25(47)8-5-16-3-6-18(43)7-4-16)33(54)36(57)42(63-24)65-39-30(51)26-20(44)11-19(61-41-35(56)32(53)28(49)15(2)60-41)12-23(26)62-37(39)17-9-21(45)29(50)22(46)10-17/h3-12,14-15,24,27-28,31-36,38,40-46,48-50,52-57H,13H2,1-2H3/b8-5+/t14?,15?,24?,27-,28-,31-,32-,33?,34?,35?,36?,38-,40+,41-,42-/m0/s1. The minimum absolute atomic E-state index is 0.0422. The second-order valence-electron chi connectivity index (χ2n) is 15.6. The molecule has 7 rings (SSSR count). The van der Waals surface area contributed by atoms with Gasteiger partial charge in [0, 0.05) is 23.8 Å². The van der Waals surface area contributed by atoms with Crippen molar-refractivity contribution in [1.82, 2.24) is 0 Å². The highest BCUT2D eigenvalue weighted by atomic mass is 16.7. The lowest BCUT2D eigenvalue weighted by Crippen LogP contribution is -2.62. The first kappa shape index (κ1) is 47.2. The molecular formula is C42H46O23. The summed E-state index contributed by atoms with van der Waals surface area (Å²) >= 11 is 0. The van der Waals surface area contributed by atoms with Crippen LogP contribution in [-0.2, 0) is 28.5 Å². The van der Waals surface area contributed by atoms with E-state index in [1.807, 2.05) is 0 Å². The van der Waals surface area contributed by atoms with Crippen LogP contribution in [-0.4, -0.2) is 171 Å². The molecule has 4 aromatic rings. The van der Waals surface area contributed by atoms with Crippen molar-refractivity contribution in [2.45, 2.75) is 106 Å². The molecule has 1 aromatic heterocycles. The molecule has 3 aromatic carbocycles. The minimum Gasteiger partial charge on any atom is -0.508 e. The molecule has 7 unspecified atom stereocenters. The van der Waals surface area contributed by atoms with Crippen molar-refractivity contribution < 1.29 is 109 Å². The number of phenolic OH excluding ortho intramolecular Hbond substituents is 5. The van der Waals surface area contributed by atoms with Crippen LogP contribution in [0.1, 0.15) is 19.4 Å². The number of esters is 1. The second kappa shape index (κ2) is 19.0. The normalized spacial score (nSPS) is 32.9. The lowest BCUT2D eigenvalue weighted by Gasteiger charge is -2.43. The predicted molar refractivity (Wildman–Crippen MR) is 214 cm³/mol. The van der Waals surface area contributed by atoms with Crippen molar-refractivity contribution >= 4 is 23.0 Å². The van der Waals surface area contributed by atoms with Crippen LogP contribution < -0.4 is 14.9 Å². The Morgan fingerprint density at radius 2 is 1.23 bits per heavy atom. The number of phenols is 5. The number of aliphatic hydroxyl groups excluding tert-OH is 8. The van der Waals surface area contributed by atoms with Crippen molar-refractivity contribution in [3.05, 3.63) is 70.4 Å². The van der Waals surface area contributed by atoms with Crippen molar-refractivity contribution in [2.24, 2.45) is 0 Å². The first-order valence-corrected chi connectivity index (χ1v) is 19.9. The molecule has 0 spiro atoms. The van der Waals surface area contributed by atoms with Crippen LogP contribution in [0, 0.1) is 0 Å². The fourth-order valence-corrected chi connectivity index (χ4v) is 7.27. The highest BCUT2D eigenvalue weighted by molar-refractivity contribution is 5.89. The first-order chi connectivity index (χ1) is 30.7. The van der Waals surface area contributed by atoms with Gasteiger partial charge in [-0.1, -0.05) is 12.1 Å². The maximum Gasteiger partial charge on any atom is 0.331 e. The molecule has 3 saturated heterocycles. The molecule has 352 valence electrons. The molecule has 23 nitrogen and oxygen atoms in total. The summed E-state index contributed by atoms with van der Waals surface area (Å²) in [6.45, 7) is 2.00. The van der Waals surface area contributed by atoms with E-state index in [0.717, 1.165) is 30.3 Å². The van der Waals surface area contributed by atoms with Gasteiger partial charge in [0.25, 0.3) is 0 Å². The van der Waals surface area contributed by atoms with Crippen LogP contribution in [0.5, 0.6) is 40.2 Å². The van der Waals surface area contributed by atoms with Gasteiger partial charge in [0.2, 0.25) is 23.8 Å². The first-order valence-electron chi connectivity index (χ1n) is 19.9. The summed E-state index contributed by atoms with van der Waals surface area (Å²) in [6, 6.07) is 9.27. The number of ether oxygens (including phenoxy) is 7. The fourth-order valence-electron chi connectivity index (χ4n) is 7.27. The van der Waals surface area contributed by atoms with E-state index in [0.29, 0.717) is 5.56 Å². The molecule has 65 heavy (non-hydrogen) atoms. The van der Waals surface area contributed by atoms with E-state index in [2.05, 4.69) is 0 Å². The molecule has 0 aliphatic carbocycles. The average Bonchev–Trinajstić information content (AvgIpc) is 3.26. The maximum absolute atomic E-state index is 14.4. The number of rotatable bonds is 11. The number of hydrogen-bond acceptors (Lipinski definition) is 23. The molecule has 23 heteroatoms. The molecule has 3 aliphatic heterocycles. The molecular weight excluding hydrogens is 872 g/mol. The summed E-state index contributed by atoms with van der Waals surface area (Å²) in [4.78, 5) is 27.5. The summed E-state index contributed by atoms with van der Waals surface area (Å²) in [5.74, 6) is -6.67. The van der Waals surface area contributed by atoms with Crippen molar-refractivity contribution in [2.75, 3.05) is 6.61 Å². The zero-order chi connectivity index (χ0) is 47.2. The maximum atomic E-state index is 14.4. The van der Waals surface area contributed by atoms with Gasteiger partial charge < -0.3 is 104 Å². The Balaban J connectivity index is 1.24. The van der Waals surface area contributed by atoms with E-state index < -0.39 is 156 Å². The number of benzene rings is 3. The van der Waals surface area contributed by atoms with E-state index in [1.54, 1.807) is 0 Å². The minimum atomic E-state index is -2.20. The second-order valence-corrected chi connectivity index (χ2v) is 15.6. The number of hydrogen-bond donors (Lipinski definition) is 13. The van der Waals surface area contributed by atoms with Crippen LogP contribution in [0.3, 0.4) is 0 Å². The molecule has 0 amide bonds. The Morgan fingerprint density at radius 1 is 0.662 bits per heavy atom. The zero-order valence-electron chi connectivity index (χ0n) is 34.0. The van der Waals surface area contributed by atoms with Crippen molar-refractivity contribution in [1.29, 1.82) is 0 Å². The Kier molecular flexibility index (Phi) is 13.8. The molecule has 0 saturated carbocycles. The van der Waals surface area contributed by atoms with Gasteiger partial charge in [-0.2, -0.15) is 0 Å². The van der Waals surface area contributed by atoms with E-state index in [1.165, 1.54) is 44.2 Å². The van der Waals surface area contributed by atoms with Crippen LogP contribution in [0.2, 0.25) is 0 Å². The highest BCUT2D eigenvalue weighted by Gasteiger charge is 2.50. The number of aliphatic hydroxyl groups is 8. The van der Waals surface area contributed by atoms with Gasteiger partial charge in [-0.3, -0.25) is 4.79 Å². The topological polar surface area (TPSA) is 375 Å². The van der Waals surface area contributed by atoms with Gasteiger partial charge in [0.1, 0.15) is 83.2 Å². The van der Waals surface area contributed by atoms with Gasteiger partial charge in [-0.05, 0) is 49.8 Å². The van der Waals surface area contributed by atoms with E-state index in [9.17, 15) is 76.0 Å². The lowest BCUT2D eigenvalue weighted by atomic mass is 9.98. The molecule has 3 fully saturated rings. The van der Waals surface area contributed by atoms with Crippen molar-refractivity contribution in [3.8, 4) is 51.6 Å². The van der Waals surface area contributed by atoms with E-state index in [-0.39, 0.29) is 17.1 Å². The summed E-state index contributed by atoms with van der Waals surface area (Å²) in [5.41, 5.74) is -1.61. The molecule has 15 atom stereocenters. The number of carbonyl (C=O) groups is 1. The third-order valence-corrected chi connectivity index (χ3v) is 11.0. The van der Waals surface area contributed by atoms with Crippen molar-refractivity contribution in [3.63, 3.8) is 0 Å². The van der Waals surface area contributed by atoms with Crippen LogP contribution >= 0.6 is 0 Å². The zero-order valence-corrected chi connectivity index (χ0v) is 34.0. The van der Waals surface area contributed by atoms with Gasteiger partial charge in [-0.25, -0.2) is 4.79 Å². The van der Waals surface area contributed by atoms with Gasteiger partial charge in [-0.15, -0.1) is 0 Å². The Bertz CT molecular complexity index is 2420. The summed E-state index contributed by atoms with van der Waals surface area (Å²) in [7, 11) is 0. The third-order valence-electron chi connectivity index (χ3n) is 11.0. The van der Waals surface area contributed by atoms with E-state index in [4.69, 9.17) is 37.6 Å². The van der Waals surface area contributed by atoms with Gasteiger partial charge >= 0.3 is 5.97 Å². The summed E-state index contributed by atoms with van der Waals surface area (Å²) in [5, 5.41) is 136. The largest absolute Gasteiger partial charge is 0.508 e. The monoisotopic (exact) mass is 918 g/mol. The van der Waals surface area contributed by atoms with Gasteiger partial charge in [0.15, 0.2) is 35.4 Å². The highest BCUT2D eigenvalue weighted by Crippen LogP contribution is 2.43. The molecule has 4 heterocycles. The lowest BCUT2D eigenvalue weighted by molar-refractivity contribution is -0.319. The smallest absolute Gasteiger partial charge is 0.331 e. The average molecular weight is 919 g/mol. The van der Waals surface area contributed by atoms with E-state index >= 15 is 0 Å². The fraction of sp³-hybridized carbons (Fsp3) is 0.429. The summed E-state index contributed by atoms with van der Waals surface area (Å²) in [6.07, 6.45) is -23.1. The summed E-state index contributed by atoms with van der Waals surface area (Å²) < 4.78 is 45.5. The predicted octanol–water partition coefficient (Wildman–Crippen LogP) is -1.51. The van der Waals surface area contributed by atoms with Crippen LogP contribution in [0.4, 0.5) is 0 Å². The molecule has 0 radical (unpaired) electrons. The molecule has 3 aliphatic rings. The van der Waals surface area contributed by atoms with Crippen LogP contribution in [0.15, 0.2) is 63.8 Å². The number of carbonyl (C=O) groups excluding carboxylic acids is 1. The Labute approximate surface area is 365 Å². The quantitative estimate of drug-likeness (QED) is 0.0462. The SMILES string of the molecule is CC1O[C@@H](OCC2O[C@@H](Oc3c(-c4cc(O)c(O)c(O)c4)oc4cc(O[C@@H]5OC(C)[C@H](O)[C@H](O)C5O)cc(O)c4c3=O)C(O)C(O)[C@H]2OC(=O)/C=C/c2ccc(O)cc2)C(O)[C@@H](O)[C@H]1O. The molecule has 13 N–H and O–H groups in total. The number of aromatic hydroxyl groups is 5. The molecule has 0 bridgehead atoms. The van der Waals surface area contributed by atoms with Gasteiger partial charge in [0.05, 0.1) is 18.8 Å². The number of fused-ring (bicyclic) bond motifs is 1. The van der Waals surface area contributed by atoms with Crippen LogP contribution in [0.25, 0.3) is 28.4 Å². The Morgan fingerprint density at radius 3 is 1.86 bits per heavy atom. The Hall–Kier alpha value is -5.80.